The topological polar surface area (TPSA) is 111 Å². The van der Waals surface area contributed by atoms with E-state index in [0.29, 0.717) is 0 Å². The van der Waals surface area contributed by atoms with Crippen LogP contribution in [-0.4, -0.2) is 29.9 Å². The lowest BCUT2D eigenvalue weighted by Crippen LogP contribution is -2.68. The fraction of sp³-hybridized carbons (Fsp3) is 0.182. The molecule has 2 rings (SSSR count). The van der Waals surface area contributed by atoms with Gasteiger partial charge in [-0.15, -0.1) is 10.2 Å². The molecule has 0 aliphatic heterocycles. The number of halogens is 1. The van der Waals surface area contributed by atoms with E-state index in [1.807, 2.05) is 26.4 Å². The predicted octanol–water partition coefficient (Wildman–Crippen LogP) is -2.90. The maximum absolute atomic E-state index is 8.49. The Morgan fingerprint density at radius 3 is 2.22 bits per heavy atom. The van der Waals surface area contributed by atoms with Crippen molar-refractivity contribution in [2.24, 2.45) is 0 Å². The van der Waals surface area contributed by atoms with Crippen LogP contribution in [-0.2, 0) is 0 Å². The zero-order chi connectivity index (χ0) is 13.8. The van der Waals surface area contributed by atoms with Gasteiger partial charge in [0.2, 0.25) is 0 Å². The molecule has 0 radical (unpaired) electrons. The third-order valence-corrected chi connectivity index (χ3v) is 2.02. The Bertz CT molecular complexity index is 535. The molecule has 0 aliphatic rings. The van der Waals surface area contributed by atoms with Gasteiger partial charge in [0.05, 0.1) is 5.56 Å². The van der Waals surface area contributed by atoms with Crippen molar-refractivity contribution < 1.29 is 33.5 Å². The molecule has 0 unspecified atom stereocenters. The first-order chi connectivity index (χ1) is 8.27. The van der Waals surface area contributed by atoms with Gasteiger partial charge in [-0.2, -0.15) is 0 Å². The number of H-pyrrole nitrogens is 1. The molecule has 0 bridgehead atoms. The lowest BCUT2D eigenvalue weighted by Gasteiger charge is -2.17. The Hall–Kier alpha value is -1.44. The number of aromatic nitrogens is 1. The van der Waals surface area contributed by atoms with Crippen molar-refractivity contribution in [3.05, 3.63) is 36.0 Å². The van der Waals surface area contributed by atoms with Crippen LogP contribution in [0.4, 0.5) is 0 Å². The van der Waals surface area contributed by atoms with E-state index in [9.17, 15) is 0 Å². The van der Waals surface area contributed by atoms with E-state index < -0.39 is 10.2 Å². The predicted molar refractivity (Wildman–Crippen MR) is 55.6 cm³/mol. The maximum atomic E-state index is 8.49. The molecule has 0 amide bonds. The number of aromatic amines is 1. The average molecular weight is 273 g/mol. The van der Waals surface area contributed by atoms with E-state index >= 15 is 0 Å². The van der Waals surface area contributed by atoms with Crippen LogP contribution in [0.25, 0.3) is 10.9 Å². The Balaban J connectivity index is 0.000000280. The van der Waals surface area contributed by atoms with Crippen molar-refractivity contribution in [2.75, 3.05) is 14.1 Å². The molecule has 0 fully saturated rings. The quantitative estimate of drug-likeness (QED) is 0.443. The normalized spacial score (nSPS) is 10.8. The summed E-state index contributed by atoms with van der Waals surface area (Å²) in [5.41, 5.74) is 2.43. The molecule has 1 N–H and O–H groups in total. The van der Waals surface area contributed by atoms with Gasteiger partial charge in [-0.05, 0) is 6.07 Å². The minimum atomic E-state index is -4.94. The van der Waals surface area contributed by atoms with Crippen LogP contribution >= 0.6 is 0 Å². The Kier molecular flexibility index (Phi) is 4.83. The Labute approximate surface area is 106 Å². The zero-order valence-corrected chi connectivity index (χ0v) is 10.7. The number of fused-ring (bicyclic) bond motifs is 1. The second-order valence-electron chi connectivity index (χ2n) is 3.76. The number of rotatable bonds is 1. The van der Waals surface area contributed by atoms with Gasteiger partial charge in [0.25, 0.3) is 0 Å². The lowest BCUT2D eigenvalue weighted by atomic mass is 10.2. The minimum absolute atomic E-state index is 1.19. The van der Waals surface area contributed by atoms with Crippen LogP contribution in [0.3, 0.4) is 0 Å². The third-order valence-electron chi connectivity index (χ3n) is 2.02. The molecular weight excluding hydrogens is 260 g/mol. The number of nitrogens with zero attached hydrogens (tertiary/aromatic N) is 1. The lowest BCUT2D eigenvalue weighted by molar-refractivity contribution is -2.00. The van der Waals surface area contributed by atoms with Crippen molar-refractivity contribution in [2.45, 2.75) is 0 Å². The molecule has 6 nitrogen and oxygen atoms in total. The Morgan fingerprint density at radius 1 is 1.11 bits per heavy atom. The second kappa shape index (κ2) is 5.94. The Morgan fingerprint density at radius 2 is 1.67 bits per heavy atom. The third kappa shape index (κ3) is 5.26. The van der Waals surface area contributed by atoms with Crippen molar-refractivity contribution in [3.8, 4) is 0 Å². The van der Waals surface area contributed by atoms with Gasteiger partial charge in [0.15, 0.2) is 6.21 Å². The minimum Gasteiger partial charge on any atom is -0.360 e. The summed E-state index contributed by atoms with van der Waals surface area (Å²) < 4.78 is 36.0. The zero-order valence-electron chi connectivity index (χ0n) is 9.92. The van der Waals surface area contributed by atoms with Gasteiger partial charge in [-0.3, -0.25) is 0 Å². The summed E-state index contributed by atoms with van der Waals surface area (Å²) in [4.78, 5) is 3.24. The van der Waals surface area contributed by atoms with E-state index in [2.05, 4.69) is 34.0 Å². The smallest absolute Gasteiger partial charge is 0.172 e. The maximum Gasteiger partial charge on any atom is 0.172 e. The summed E-state index contributed by atoms with van der Waals surface area (Å²) in [7, 11) is -0.885. The van der Waals surface area contributed by atoms with Crippen LogP contribution in [0.2, 0.25) is 0 Å². The average Bonchev–Trinajstić information content (AvgIpc) is 2.59. The summed E-state index contributed by atoms with van der Waals surface area (Å²) in [5.74, 6) is 0. The summed E-state index contributed by atoms with van der Waals surface area (Å²) >= 11 is 0. The van der Waals surface area contributed by atoms with Crippen LogP contribution < -0.4 is 18.6 Å². The van der Waals surface area contributed by atoms with Gasteiger partial charge in [0, 0.05) is 17.1 Å². The molecule has 2 aromatic rings. The number of hydrogen-bond acceptors (Lipinski definition) is 4. The highest BCUT2D eigenvalue weighted by atomic mass is 35.7. The second-order valence-corrected chi connectivity index (χ2v) is 4.52. The number of nitrogens with one attached hydrogen (secondary N) is 1. The van der Waals surface area contributed by atoms with E-state index in [1.165, 1.54) is 16.5 Å². The SMILES string of the molecule is C[N+](C)=Cc1c[nH]c2ccccc12.[O-][Cl+3]([O-])([O-])[O-]. The highest BCUT2D eigenvalue weighted by molar-refractivity contribution is 5.97. The van der Waals surface area contributed by atoms with Crippen molar-refractivity contribution >= 4 is 17.1 Å². The molecule has 0 atom stereocenters. The summed E-state index contributed by atoms with van der Waals surface area (Å²) in [6.07, 6.45) is 4.14. The summed E-state index contributed by atoms with van der Waals surface area (Å²) in [6, 6.07) is 8.31. The highest BCUT2D eigenvalue weighted by Crippen LogP contribution is 2.15. The van der Waals surface area contributed by atoms with Gasteiger partial charge in [0.1, 0.15) is 14.1 Å². The molecule has 18 heavy (non-hydrogen) atoms. The van der Waals surface area contributed by atoms with Crippen LogP contribution in [0, 0.1) is 10.2 Å². The number of benzene rings is 1. The first kappa shape index (κ1) is 14.6. The highest BCUT2D eigenvalue weighted by Gasteiger charge is 2.01. The fourth-order valence-corrected chi connectivity index (χ4v) is 1.48. The van der Waals surface area contributed by atoms with Crippen molar-refractivity contribution in [1.29, 1.82) is 0 Å². The molecule has 0 spiro atoms. The number of para-hydroxylation sites is 1. The van der Waals surface area contributed by atoms with E-state index in [4.69, 9.17) is 18.6 Å². The summed E-state index contributed by atoms with van der Waals surface area (Å²) in [6.45, 7) is 0. The van der Waals surface area contributed by atoms with Gasteiger partial charge in [-0.25, -0.2) is 23.2 Å². The molecular formula is C11H13ClN2O4. The van der Waals surface area contributed by atoms with Gasteiger partial charge < -0.3 is 4.98 Å². The van der Waals surface area contributed by atoms with Crippen LogP contribution in [0.5, 0.6) is 0 Å². The van der Waals surface area contributed by atoms with E-state index in [0.717, 1.165) is 0 Å². The molecule has 1 aromatic heterocycles. The number of hydrogen-bond donors (Lipinski definition) is 1. The molecule has 0 aliphatic carbocycles. The van der Waals surface area contributed by atoms with Crippen LogP contribution in [0.1, 0.15) is 5.56 Å². The first-order valence-electron chi connectivity index (χ1n) is 4.96. The molecule has 7 heteroatoms. The largest absolute Gasteiger partial charge is 0.360 e. The first-order valence-corrected chi connectivity index (χ1v) is 6.20. The van der Waals surface area contributed by atoms with Gasteiger partial charge in [-0.1, -0.05) is 18.2 Å². The monoisotopic (exact) mass is 272 g/mol. The van der Waals surface area contributed by atoms with Crippen molar-refractivity contribution in [3.63, 3.8) is 0 Å². The molecule has 0 saturated heterocycles. The standard InChI is InChI=1S/C11H12N2.ClHO4/c1-13(2)8-9-7-12-11-6-4-3-5-10(9)11;2-1(3,4)5/h3-8H,1-2H3;(H,2,3,4,5). The molecule has 1 aromatic carbocycles. The molecule has 98 valence electrons. The molecule has 0 saturated carbocycles. The summed E-state index contributed by atoms with van der Waals surface area (Å²) in [5, 5.41) is 1.27. The fourth-order valence-electron chi connectivity index (χ4n) is 1.48. The van der Waals surface area contributed by atoms with Crippen LogP contribution in [0.15, 0.2) is 30.5 Å². The van der Waals surface area contributed by atoms with Crippen molar-refractivity contribution in [1.82, 2.24) is 4.98 Å². The van der Waals surface area contributed by atoms with E-state index in [-0.39, 0.29) is 0 Å². The van der Waals surface area contributed by atoms with Gasteiger partial charge >= 0.3 is 0 Å². The van der Waals surface area contributed by atoms with E-state index in [1.54, 1.807) is 0 Å². The molecule has 1 heterocycles.